The van der Waals surface area contributed by atoms with Crippen molar-refractivity contribution in [3.63, 3.8) is 0 Å². The van der Waals surface area contributed by atoms with Crippen molar-refractivity contribution in [2.75, 3.05) is 6.61 Å². The summed E-state index contributed by atoms with van der Waals surface area (Å²) in [5, 5.41) is 0. The summed E-state index contributed by atoms with van der Waals surface area (Å²) in [5.41, 5.74) is 6.45. The topological polar surface area (TPSA) is 87.6 Å². The number of hydrogen-bond acceptors (Lipinski definition) is 5. The van der Waals surface area contributed by atoms with Crippen LogP contribution < -0.4 is 16.4 Å². The maximum Gasteiger partial charge on any atom is 0.341 e. The van der Waals surface area contributed by atoms with Gasteiger partial charge in [-0.15, -0.1) is 6.42 Å². The quantitative estimate of drug-likeness (QED) is 0.552. The number of rotatable bonds is 5. The Morgan fingerprint density at radius 1 is 1.41 bits per heavy atom. The van der Waals surface area contributed by atoms with Crippen LogP contribution in [-0.2, 0) is 16.1 Å². The van der Waals surface area contributed by atoms with E-state index in [-0.39, 0.29) is 6.61 Å². The molecule has 90 valence electrons. The van der Waals surface area contributed by atoms with Gasteiger partial charge in [0.25, 0.3) is 0 Å². The van der Waals surface area contributed by atoms with E-state index in [1.165, 1.54) is 0 Å². The van der Waals surface area contributed by atoms with E-state index >= 15 is 0 Å². The van der Waals surface area contributed by atoms with Crippen molar-refractivity contribution in [2.24, 2.45) is 11.6 Å². The van der Waals surface area contributed by atoms with Crippen molar-refractivity contribution in [1.29, 1.82) is 0 Å². The minimum Gasteiger partial charge on any atom is -0.481 e. The van der Waals surface area contributed by atoms with Crippen LogP contribution in [0.3, 0.4) is 0 Å². The first-order valence-corrected chi connectivity index (χ1v) is 4.98. The van der Waals surface area contributed by atoms with Gasteiger partial charge in [-0.25, -0.2) is 4.79 Å². The monoisotopic (exact) mass is 234 g/mol. The molecule has 1 aromatic rings. The van der Waals surface area contributed by atoms with E-state index in [1.807, 2.05) is 0 Å². The highest BCUT2D eigenvalue weighted by atomic mass is 16.7. The van der Waals surface area contributed by atoms with Crippen LogP contribution in [0.4, 0.5) is 0 Å². The van der Waals surface area contributed by atoms with E-state index < -0.39 is 12.0 Å². The predicted molar refractivity (Wildman–Crippen MR) is 62.7 cm³/mol. The van der Waals surface area contributed by atoms with Crippen molar-refractivity contribution >= 4 is 5.97 Å². The SMILES string of the molecule is C#CCOc1ccc(CC(N)C(=O)ON)cc1. The fourth-order valence-corrected chi connectivity index (χ4v) is 1.27. The van der Waals surface area contributed by atoms with E-state index in [2.05, 4.69) is 10.8 Å². The molecule has 1 aromatic carbocycles. The number of carbonyl (C=O) groups is 1. The molecule has 5 heteroatoms. The smallest absolute Gasteiger partial charge is 0.341 e. The largest absolute Gasteiger partial charge is 0.481 e. The third-order valence-electron chi connectivity index (χ3n) is 2.12. The number of carbonyl (C=O) groups excluding carboxylic acids is 1. The van der Waals surface area contributed by atoms with Crippen LogP contribution in [0.2, 0.25) is 0 Å². The van der Waals surface area contributed by atoms with Gasteiger partial charge in [0.05, 0.1) is 0 Å². The molecule has 1 atom stereocenters. The summed E-state index contributed by atoms with van der Waals surface area (Å²) < 4.78 is 5.20. The zero-order valence-corrected chi connectivity index (χ0v) is 9.26. The molecule has 0 radical (unpaired) electrons. The molecule has 4 N–H and O–H groups in total. The molecular formula is C12H14N2O3. The highest BCUT2D eigenvalue weighted by Crippen LogP contribution is 2.13. The zero-order chi connectivity index (χ0) is 12.7. The summed E-state index contributed by atoms with van der Waals surface area (Å²) in [6, 6.07) is 6.35. The fraction of sp³-hybridized carbons (Fsp3) is 0.250. The van der Waals surface area contributed by atoms with Gasteiger partial charge in [0.2, 0.25) is 0 Å². The Hall–Kier alpha value is -2.03. The first-order valence-electron chi connectivity index (χ1n) is 4.98. The number of ether oxygens (including phenoxy) is 1. The number of nitrogens with two attached hydrogens (primary N) is 2. The summed E-state index contributed by atoms with van der Waals surface area (Å²) in [7, 11) is 0. The lowest BCUT2D eigenvalue weighted by Gasteiger charge is -2.09. The Labute approximate surface area is 99.6 Å². The van der Waals surface area contributed by atoms with Crippen LogP contribution in [0.25, 0.3) is 0 Å². The molecule has 17 heavy (non-hydrogen) atoms. The van der Waals surface area contributed by atoms with Gasteiger partial charge in [-0.1, -0.05) is 18.1 Å². The molecule has 0 heterocycles. The molecule has 1 unspecified atom stereocenters. The second kappa shape index (κ2) is 6.53. The van der Waals surface area contributed by atoms with E-state index in [9.17, 15) is 4.79 Å². The van der Waals surface area contributed by atoms with Crippen molar-refractivity contribution in [3.8, 4) is 18.1 Å². The lowest BCUT2D eigenvalue weighted by molar-refractivity contribution is -0.145. The molecular weight excluding hydrogens is 220 g/mol. The van der Waals surface area contributed by atoms with Crippen molar-refractivity contribution in [2.45, 2.75) is 12.5 Å². The lowest BCUT2D eigenvalue weighted by atomic mass is 10.1. The lowest BCUT2D eigenvalue weighted by Crippen LogP contribution is -2.35. The highest BCUT2D eigenvalue weighted by molar-refractivity contribution is 5.75. The third kappa shape index (κ3) is 4.15. The molecule has 0 saturated carbocycles. The summed E-state index contributed by atoms with van der Waals surface area (Å²) >= 11 is 0. The van der Waals surface area contributed by atoms with Crippen LogP contribution in [0.5, 0.6) is 5.75 Å². The summed E-state index contributed by atoms with van der Waals surface area (Å²) in [5.74, 6) is 7.13. The normalized spacial score (nSPS) is 11.4. The molecule has 1 rings (SSSR count). The second-order valence-electron chi connectivity index (χ2n) is 3.38. The summed E-state index contributed by atoms with van der Waals surface area (Å²) in [6.45, 7) is 0.221. The van der Waals surface area contributed by atoms with Crippen molar-refractivity contribution < 1.29 is 14.4 Å². The Morgan fingerprint density at radius 2 is 2.06 bits per heavy atom. The van der Waals surface area contributed by atoms with E-state index in [1.54, 1.807) is 24.3 Å². The predicted octanol–water partition coefficient (Wildman–Crippen LogP) is -0.0147. The number of benzene rings is 1. The van der Waals surface area contributed by atoms with Crippen molar-refractivity contribution in [3.05, 3.63) is 29.8 Å². The van der Waals surface area contributed by atoms with Gasteiger partial charge in [0.15, 0.2) is 0 Å². The second-order valence-corrected chi connectivity index (χ2v) is 3.38. The van der Waals surface area contributed by atoms with Crippen LogP contribution in [0, 0.1) is 12.3 Å². The molecule has 0 fully saturated rings. The van der Waals surface area contributed by atoms with Crippen LogP contribution >= 0.6 is 0 Å². The van der Waals surface area contributed by atoms with Gasteiger partial charge >= 0.3 is 5.97 Å². The maximum atomic E-state index is 11.0. The van der Waals surface area contributed by atoms with Gasteiger partial charge in [-0.2, -0.15) is 5.90 Å². The van der Waals surface area contributed by atoms with Crippen LogP contribution in [-0.4, -0.2) is 18.6 Å². The Balaban J connectivity index is 2.56. The van der Waals surface area contributed by atoms with Crippen molar-refractivity contribution in [1.82, 2.24) is 0 Å². The molecule has 0 bridgehead atoms. The van der Waals surface area contributed by atoms with E-state index in [0.717, 1.165) is 5.56 Å². The third-order valence-corrected chi connectivity index (χ3v) is 2.12. The molecule has 0 amide bonds. The standard InChI is InChI=1S/C12H14N2O3/c1-2-7-16-10-5-3-9(4-6-10)8-11(13)12(15)17-14/h1,3-6,11H,7-8,13-14H2. The maximum absolute atomic E-state index is 11.0. The number of hydrogen-bond donors (Lipinski definition) is 2. The Bertz CT molecular complexity index is 409. The van der Waals surface area contributed by atoms with Gasteiger partial charge in [-0.05, 0) is 24.1 Å². The fourth-order valence-electron chi connectivity index (χ4n) is 1.27. The molecule has 0 aromatic heterocycles. The molecule has 0 aliphatic heterocycles. The van der Waals surface area contributed by atoms with Gasteiger partial charge in [0.1, 0.15) is 18.4 Å². The molecule has 0 saturated heterocycles. The number of terminal acetylenes is 1. The average Bonchev–Trinajstić information content (AvgIpc) is 2.37. The summed E-state index contributed by atoms with van der Waals surface area (Å²) in [6.07, 6.45) is 5.42. The zero-order valence-electron chi connectivity index (χ0n) is 9.26. The van der Waals surface area contributed by atoms with Gasteiger partial charge in [-0.3, -0.25) is 0 Å². The van der Waals surface area contributed by atoms with Gasteiger partial charge in [0, 0.05) is 0 Å². The van der Waals surface area contributed by atoms with E-state index in [0.29, 0.717) is 12.2 Å². The summed E-state index contributed by atoms with van der Waals surface area (Å²) in [4.78, 5) is 15.1. The molecule has 0 aliphatic carbocycles. The molecule has 0 aliphatic rings. The van der Waals surface area contributed by atoms with E-state index in [4.69, 9.17) is 22.8 Å². The minimum absolute atomic E-state index is 0.221. The van der Waals surface area contributed by atoms with Gasteiger partial charge < -0.3 is 15.3 Å². The average molecular weight is 234 g/mol. The highest BCUT2D eigenvalue weighted by Gasteiger charge is 2.14. The van der Waals surface area contributed by atoms with Crippen LogP contribution in [0.15, 0.2) is 24.3 Å². The van der Waals surface area contributed by atoms with Crippen LogP contribution in [0.1, 0.15) is 5.56 Å². The first kappa shape index (κ1) is 13.0. The first-order chi connectivity index (χ1) is 8.17. The Kier molecular flexibility index (Phi) is 5.01. The minimum atomic E-state index is -0.766. The Morgan fingerprint density at radius 3 is 2.59 bits per heavy atom. The molecule has 0 spiro atoms. The molecule has 5 nitrogen and oxygen atoms in total.